The Labute approximate surface area is 104 Å². The molecule has 4 unspecified atom stereocenters. The van der Waals surface area contributed by atoms with Crippen molar-refractivity contribution in [3.63, 3.8) is 0 Å². The van der Waals surface area contributed by atoms with Crippen molar-refractivity contribution in [1.82, 2.24) is 15.1 Å². The fraction of sp³-hybridized carbons (Fsp3) is 0.786. The van der Waals surface area contributed by atoms with Crippen LogP contribution in [0.1, 0.15) is 44.3 Å². The summed E-state index contributed by atoms with van der Waals surface area (Å²) in [4.78, 5) is 0. The second-order valence-electron chi connectivity index (χ2n) is 5.68. The van der Waals surface area contributed by atoms with Crippen LogP contribution in [0.4, 0.5) is 0 Å². The first-order valence-corrected chi connectivity index (χ1v) is 7.02. The Bertz CT molecular complexity index is 385. The van der Waals surface area contributed by atoms with Crippen molar-refractivity contribution in [2.45, 2.75) is 45.2 Å². The number of nitrogens with zero attached hydrogens (tertiary/aromatic N) is 2. The molecular weight excluding hydrogens is 210 g/mol. The Balaban J connectivity index is 1.84. The summed E-state index contributed by atoms with van der Waals surface area (Å²) in [7, 11) is 2.10. The van der Waals surface area contributed by atoms with Crippen LogP contribution in [0, 0.1) is 17.8 Å². The van der Waals surface area contributed by atoms with Gasteiger partial charge in [0.25, 0.3) is 0 Å². The Hall–Kier alpha value is -0.830. The van der Waals surface area contributed by atoms with Crippen LogP contribution < -0.4 is 5.32 Å². The van der Waals surface area contributed by atoms with Crippen LogP contribution in [0.3, 0.4) is 0 Å². The van der Waals surface area contributed by atoms with Crippen LogP contribution in [0.25, 0.3) is 0 Å². The topological polar surface area (TPSA) is 29.9 Å². The van der Waals surface area contributed by atoms with Crippen molar-refractivity contribution >= 4 is 0 Å². The van der Waals surface area contributed by atoms with Gasteiger partial charge < -0.3 is 5.32 Å². The van der Waals surface area contributed by atoms with E-state index in [0.717, 1.165) is 24.3 Å². The van der Waals surface area contributed by atoms with Gasteiger partial charge in [-0.3, -0.25) is 4.68 Å². The molecule has 1 aromatic heterocycles. The number of nitrogens with one attached hydrogen (secondary N) is 1. The van der Waals surface area contributed by atoms with Crippen molar-refractivity contribution in [3.05, 3.63) is 18.0 Å². The molecule has 0 saturated heterocycles. The first-order chi connectivity index (χ1) is 8.33. The Kier molecular flexibility index (Phi) is 2.95. The van der Waals surface area contributed by atoms with Crippen LogP contribution >= 0.6 is 0 Å². The molecule has 0 radical (unpaired) electrons. The zero-order valence-corrected chi connectivity index (χ0v) is 10.9. The molecule has 3 heteroatoms. The van der Waals surface area contributed by atoms with Crippen LogP contribution in [-0.2, 0) is 6.54 Å². The minimum Gasteiger partial charge on any atom is -0.311 e. The highest BCUT2D eigenvalue weighted by Gasteiger charge is 2.43. The van der Waals surface area contributed by atoms with E-state index in [0.29, 0.717) is 6.04 Å². The first-order valence-electron chi connectivity index (χ1n) is 7.02. The van der Waals surface area contributed by atoms with Crippen molar-refractivity contribution < 1.29 is 0 Å². The van der Waals surface area contributed by atoms with Gasteiger partial charge >= 0.3 is 0 Å². The smallest absolute Gasteiger partial charge is 0.0556 e. The Morgan fingerprint density at radius 3 is 2.94 bits per heavy atom. The van der Waals surface area contributed by atoms with E-state index in [1.165, 1.54) is 31.4 Å². The maximum atomic E-state index is 4.41. The Morgan fingerprint density at radius 2 is 2.35 bits per heavy atom. The van der Waals surface area contributed by atoms with E-state index >= 15 is 0 Å². The van der Waals surface area contributed by atoms with E-state index in [9.17, 15) is 0 Å². The van der Waals surface area contributed by atoms with Crippen LogP contribution in [0.15, 0.2) is 12.3 Å². The van der Waals surface area contributed by atoms with Crippen LogP contribution in [-0.4, -0.2) is 16.8 Å². The summed E-state index contributed by atoms with van der Waals surface area (Å²) in [5, 5.41) is 7.96. The van der Waals surface area contributed by atoms with E-state index in [-0.39, 0.29) is 0 Å². The number of aromatic nitrogens is 2. The standard InChI is InChI=1S/C14H23N3/c1-3-17-13(6-7-16-17)14(15-2)12-9-10-4-5-11(12)8-10/h6-7,10-12,14-15H,3-5,8-9H2,1-2H3. The highest BCUT2D eigenvalue weighted by Crippen LogP contribution is 2.52. The molecule has 0 amide bonds. The summed E-state index contributed by atoms with van der Waals surface area (Å²) in [6.45, 7) is 3.14. The summed E-state index contributed by atoms with van der Waals surface area (Å²) in [5.41, 5.74) is 1.38. The highest BCUT2D eigenvalue weighted by molar-refractivity contribution is 5.11. The van der Waals surface area contributed by atoms with Crippen molar-refractivity contribution in [2.24, 2.45) is 17.8 Å². The fourth-order valence-corrected chi connectivity index (χ4v) is 4.15. The van der Waals surface area contributed by atoms with Gasteiger partial charge in [-0.05, 0) is 57.1 Å². The molecule has 0 aliphatic heterocycles. The maximum Gasteiger partial charge on any atom is 0.0556 e. The molecule has 2 aliphatic rings. The molecule has 2 fully saturated rings. The average molecular weight is 233 g/mol. The number of hydrogen-bond donors (Lipinski definition) is 1. The third-order valence-electron chi connectivity index (χ3n) is 4.90. The Morgan fingerprint density at radius 1 is 1.47 bits per heavy atom. The molecule has 0 aromatic carbocycles. The van der Waals surface area contributed by atoms with Gasteiger partial charge in [-0.15, -0.1) is 0 Å². The normalized spacial score (nSPS) is 33.2. The lowest BCUT2D eigenvalue weighted by Gasteiger charge is -2.30. The van der Waals surface area contributed by atoms with Gasteiger partial charge in [0.05, 0.1) is 11.7 Å². The summed E-state index contributed by atoms with van der Waals surface area (Å²) in [6.07, 6.45) is 7.77. The molecule has 2 bridgehead atoms. The predicted molar refractivity (Wildman–Crippen MR) is 68.6 cm³/mol. The third kappa shape index (κ3) is 1.81. The van der Waals surface area contributed by atoms with Gasteiger partial charge in [0, 0.05) is 12.7 Å². The monoisotopic (exact) mass is 233 g/mol. The number of fused-ring (bicyclic) bond motifs is 2. The second kappa shape index (κ2) is 4.45. The van der Waals surface area contributed by atoms with E-state index < -0.39 is 0 Å². The van der Waals surface area contributed by atoms with Crippen LogP contribution in [0.2, 0.25) is 0 Å². The first kappa shape index (κ1) is 11.3. The number of rotatable bonds is 4. The highest BCUT2D eigenvalue weighted by atomic mass is 15.3. The lowest BCUT2D eigenvalue weighted by Crippen LogP contribution is -2.30. The molecule has 4 atom stereocenters. The largest absolute Gasteiger partial charge is 0.311 e. The minimum absolute atomic E-state index is 0.507. The summed E-state index contributed by atoms with van der Waals surface area (Å²) in [6, 6.07) is 2.70. The summed E-state index contributed by atoms with van der Waals surface area (Å²) < 4.78 is 2.15. The van der Waals surface area contributed by atoms with E-state index in [1.54, 1.807) is 0 Å². The zero-order valence-electron chi connectivity index (χ0n) is 10.9. The lowest BCUT2D eigenvalue weighted by molar-refractivity contribution is 0.250. The molecule has 1 heterocycles. The summed E-state index contributed by atoms with van der Waals surface area (Å²) in [5.74, 6) is 2.80. The summed E-state index contributed by atoms with van der Waals surface area (Å²) >= 11 is 0. The van der Waals surface area contributed by atoms with Gasteiger partial charge in [-0.1, -0.05) is 6.42 Å². The molecule has 2 saturated carbocycles. The van der Waals surface area contributed by atoms with Gasteiger partial charge in [0.2, 0.25) is 0 Å². The van der Waals surface area contributed by atoms with Crippen molar-refractivity contribution in [3.8, 4) is 0 Å². The second-order valence-corrected chi connectivity index (χ2v) is 5.68. The molecule has 3 nitrogen and oxygen atoms in total. The van der Waals surface area contributed by atoms with Crippen LogP contribution in [0.5, 0.6) is 0 Å². The van der Waals surface area contributed by atoms with Crippen molar-refractivity contribution in [1.29, 1.82) is 0 Å². The molecule has 94 valence electrons. The molecular formula is C14H23N3. The number of aryl methyl sites for hydroxylation is 1. The number of hydrogen-bond acceptors (Lipinski definition) is 2. The quantitative estimate of drug-likeness (QED) is 0.866. The minimum atomic E-state index is 0.507. The zero-order chi connectivity index (χ0) is 11.8. The van der Waals surface area contributed by atoms with Gasteiger partial charge in [0.15, 0.2) is 0 Å². The molecule has 0 spiro atoms. The molecule has 2 aliphatic carbocycles. The average Bonchev–Trinajstić information content (AvgIpc) is 3.05. The lowest BCUT2D eigenvalue weighted by atomic mass is 9.82. The SMILES string of the molecule is CCn1nccc1C(NC)C1CC2CCC1C2. The molecule has 1 N–H and O–H groups in total. The third-order valence-corrected chi connectivity index (χ3v) is 4.90. The van der Waals surface area contributed by atoms with Gasteiger partial charge in [-0.2, -0.15) is 5.10 Å². The molecule has 3 rings (SSSR count). The van der Waals surface area contributed by atoms with Crippen molar-refractivity contribution in [2.75, 3.05) is 7.05 Å². The van der Waals surface area contributed by atoms with Gasteiger partial charge in [-0.25, -0.2) is 0 Å². The van der Waals surface area contributed by atoms with E-state index in [2.05, 4.69) is 35.1 Å². The maximum absolute atomic E-state index is 4.41. The van der Waals surface area contributed by atoms with Gasteiger partial charge in [0.1, 0.15) is 0 Å². The van der Waals surface area contributed by atoms with E-state index in [1.807, 2.05) is 6.20 Å². The fourth-order valence-electron chi connectivity index (χ4n) is 4.15. The molecule has 17 heavy (non-hydrogen) atoms. The molecule has 1 aromatic rings. The predicted octanol–water partition coefficient (Wildman–Crippen LogP) is 2.60. The van der Waals surface area contributed by atoms with E-state index in [4.69, 9.17) is 0 Å².